The second kappa shape index (κ2) is 7.21. The van der Waals surface area contributed by atoms with Gasteiger partial charge in [0.2, 0.25) is 0 Å². The van der Waals surface area contributed by atoms with E-state index < -0.39 is 23.6 Å². The molecule has 0 fully saturated rings. The van der Waals surface area contributed by atoms with Crippen molar-refractivity contribution in [2.24, 2.45) is 0 Å². The van der Waals surface area contributed by atoms with Gasteiger partial charge in [-0.25, -0.2) is 4.79 Å². The number of hydrogen-bond acceptors (Lipinski definition) is 2. The molecule has 2 N–H and O–H groups in total. The Hall–Kier alpha value is -3.09. The zero-order valence-corrected chi connectivity index (χ0v) is 13.1. The van der Waals surface area contributed by atoms with Gasteiger partial charge in [0.25, 0.3) is 5.91 Å². The summed E-state index contributed by atoms with van der Waals surface area (Å²) in [6.45, 7) is 1.48. The summed E-state index contributed by atoms with van der Waals surface area (Å²) in [5, 5.41) is 11.6. The van der Waals surface area contributed by atoms with Crippen LogP contribution in [-0.2, 0) is 11.0 Å². The molecule has 0 aromatic heterocycles. The van der Waals surface area contributed by atoms with Crippen molar-refractivity contribution in [2.75, 3.05) is 5.32 Å². The number of anilines is 1. The van der Waals surface area contributed by atoms with Crippen molar-refractivity contribution >= 4 is 23.6 Å². The molecule has 0 aliphatic carbocycles. The van der Waals surface area contributed by atoms with Crippen LogP contribution < -0.4 is 5.32 Å². The first kappa shape index (κ1) is 18.3. The molecular weight excluding hydrogens is 335 g/mol. The molecule has 130 valence electrons. The summed E-state index contributed by atoms with van der Waals surface area (Å²) in [4.78, 5) is 23.3. The van der Waals surface area contributed by atoms with Crippen LogP contribution in [0.2, 0.25) is 0 Å². The predicted octanol–water partition coefficient (Wildman–Crippen LogP) is 4.45. The van der Waals surface area contributed by atoms with Gasteiger partial charge in [-0.2, -0.15) is 13.2 Å². The van der Waals surface area contributed by atoms with E-state index in [1.807, 2.05) is 0 Å². The number of amides is 1. The molecule has 0 saturated carbocycles. The smallest absolute Gasteiger partial charge is 0.416 e. The molecule has 0 aliphatic rings. The minimum absolute atomic E-state index is 0.0572. The maximum atomic E-state index is 12.5. The van der Waals surface area contributed by atoms with Crippen LogP contribution in [0.15, 0.2) is 54.1 Å². The number of carbonyl (C=O) groups is 2. The van der Waals surface area contributed by atoms with E-state index in [1.165, 1.54) is 43.3 Å². The standard InChI is InChI=1S/C18H14F3NO3/c1-11(10-12-6-8-13(9-7-12)18(19,20)21)16(23)22-15-5-3-2-4-14(15)17(24)25/h2-10H,1H3,(H,22,23)(H,24,25). The van der Waals surface area contributed by atoms with Crippen LogP contribution in [0.4, 0.5) is 18.9 Å². The number of rotatable bonds is 4. The van der Waals surface area contributed by atoms with Gasteiger partial charge in [-0.3, -0.25) is 4.79 Å². The van der Waals surface area contributed by atoms with E-state index in [9.17, 15) is 22.8 Å². The Morgan fingerprint density at radius 3 is 2.20 bits per heavy atom. The zero-order chi connectivity index (χ0) is 18.6. The minimum atomic E-state index is -4.42. The van der Waals surface area contributed by atoms with Crippen LogP contribution >= 0.6 is 0 Å². The molecule has 0 unspecified atom stereocenters. The summed E-state index contributed by atoms with van der Waals surface area (Å²) in [6.07, 6.45) is -3.01. The quantitative estimate of drug-likeness (QED) is 0.802. The van der Waals surface area contributed by atoms with E-state index in [4.69, 9.17) is 5.11 Å². The highest BCUT2D eigenvalue weighted by Crippen LogP contribution is 2.29. The third kappa shape index (κ3) is 4.69. The van der Waals surface area contributed by atoms with Crippen molar-refractivity contribution in [3.05, 3.63) is 70.8 Å². The minimum Gasteiger partial charge on any atom is -0.478 e. The van der Waals surface area contributed by atoms with Gasteiger partial charge in [0.05, 0.1) is 16.8 Å². The molecule has 4 nitrogen and oxygen atoms in total. The number of nitrogens with one attached hydrogen (secondary N) is 1. The number of hydrogen-bond donors (Lipinski definition) is 2. The van der Waals surface area contributed by atoms with E-state index in [0.717, 1.165) is 12.1 Å². The van der Waals surface area contributed by atoms with Crippen molar-refractivity contribution in [3.8, 4) is 0 Å². The first-order chi connectivity index (χ1) is 11.7. The first-order valence-corrected chi connectivity index (χ1v) is 7.17. The number of benzene rings is 2. The largest absolute Gasteiger partial charge is 0.478 e. The molecule has 2 aromatic carbocycles. The second-order valence-electron chi connectivity index (χ2n) is 5.25. The summed E-state index contributed by atoms with van der Waals surface area (Å²) in [7, 11) is 0. The highest BCUT2D eigenvalue weighted by Gasteiger charge is 2.29. The molecule has 0 aliphatic heterocycles. The third-order valence-electron chi connectivity index (χ3n) is 3.39. The summed E-state index contributed by atoms with van der Waals surface area (Å²) in [6, 6.07) is 10.3. The van der Waals surface area contributed by atoms with Gasteiger partial charge in [0.1, 0.15) is 0 Å². The zero-order valence-electron chi connectivity index (χ0n) is 13.1. The van der Waals surface area contributed by atoms with Gasteiger partial charge in [0.15, 0.2) is 0 Å². The Balaban J connectivity index is 2.17. The number of carbonyl (C=O) groups excluding carboxylic acids is 1. The summed E-state index contributed by atoms with van der Waals surface area (Å²) in [5.41, 5.74) is -0.0485. The van der Waals surface area contributed by atoms with Crippen molar-refractivity contribution in [3.63, 3.8) is 0 Å². The third-order valence-corrected chi connectivity index (χ3v) is 3.39. The van der Waals surface area contributed by atoms with Crippen molar-refractivity contribution in [2.45, 2.75) is 13.1 Å². The fourth-order valence-electron chi connectivity index (χ4n) is 2.08. The number of carboxylic acid groups (broad SMARTS) is 1. The molecule has 25 heavy (non-hydrogen) atoms. The van der Waals surface area contributed by atoms with E-state index in [-0.39, 0.29) is 16.8 Å². The van der Waals surface area contributed by atoms with Crippen LogP contribution in [0.1, 0.15) is 28.4 Å². The molecule has 7 heteroatoms. The fraction of sp³-hybridized carbons (Fsp3) is 0.111. The Bertz CT molecular complexity index is 824. The van der Waals surface area contributed by atoms with Gasteiger partial charge in [-0.15, -0.1) is 0 Å². The Morgan fingerprint density at radius 2 is 1.64 bits per heavy atom. The number of carboxylic acids is 1. The predicted molar refractivity (Wildman–Crippen MR) is 87.1 cm³/mol. The topological polar surface area (TPSA) is 66.4 Å². The lowest BCUT2D eigenvalue weighted by molar-refractivity contribution is -0.137. The van der Waals surface area contributed by atoms with Gasteiger partial charge >= 0.3 is 12.1 Å². The van der Waals surface area contributed by atoms with Crippen molar-refractivity contribution < 1.29 is 27.9 Å². The lowest BCUT2D eigenvalue weighted by atomic mass is 10.1. The van der Waals surface area contributed by atoms with Crippen LogP contribution in [0.3, 0.4) is 0 Å². The normalized spacial score (nSPS) is 11.9. The van der Waals surface area contributed by atoms with E-state index in [1.54, 1.807) is 6.07 Å². The second-order valence-corrected chi connectivity index (χ2v) is 5.25. The Labute approximate surface area is 141 Å². The Kier molecular flexibility index (Phi) is 5.26. The number of para-hydroxylation sites is 1. The maximum Gasteiger partial charge on any atom is 0.416 e. The summed E-state index contributed by atoms with van der Waals surface area (Å²) in [5.74, 6) is -1.73. The molecule has 0 atom stereocenters. The number of aromatic carboxylic acids is 1. The van der Waals surface area contributed by atoms with E-state index >= 15 is 0 Å². The fourth-order valence-corrected chi connectivity index (χ4v) is 2.08. The van der Waals surface area contributed by atoms with Gasteiger partial charge in [0, 0.05) is 5.57 Å². The molecule has 2 rings (SSSR count). The molecular formula is C18H14F3NO3. The van der Waals surface area contributed by atoms with Crippen LogP contribution in [0.25, 0.3) is 6.08 Å². The molecule has 0 bridgehead atoms. The summed E-state index contributed by atoms with van der Waals surface area (Å²) >= 11 is 0. The summed E-state index contributed by atoms with van der Waals surface area (Å²) < 4.78 is 37.6. The molecule has 0 saturated heterocycles. The highest BCUT2D eigenvalue weighted by atomic mass is 19.4. The van der Waals surface area contributed by atoms with Crippen LogP contribution in [-0.4, -0.2) is 17.0 Å². The average Bonchev–Trinajstić information content (AvgIpc) is 2.54. The average molecular weight is 349 g/mol. The van der Waals surface area contributed by atoms with Crippen LogP contribution in [0.5, 0.6) is 0 Å². The monoisotopic (exact) mass is 349 g/mol. The van der Waals surface area contributed by atoms with Crippen LogP contribution in [0, 0.1) is 0 Å². The van der Waals surface area contributed by atoms with E-state index in [2.05, 4.69) is 5.32 Å². The Morgan fingerprint density at radius 1 is 1.04 bits per heavy atom. The molecule has 0 heterocycles. The molecule has 0 spiro atoms. The first-order valence-electron chi connectivity index (χ1n) is 7.17. The maximum absolute atomic E-state index is 12.5. The SMILES string of the molecule is CC(=Cc1ccc(C(F)(F)F)cc1)C(=O)Nc1ccccc1C(=O)O. The lowest BCUT2D eigenvalue weighted by Gasteiger charge is -2.09. The van der Waals surface area contributed by atoms with Gasteiger partial charge < -0.3 is 10.4 Å². The van der Waals surface area contributed by atoms with Crippen molar-refractivity contribution in [1.82, 2.24) is 0 Å². The number of alkyl halides is 3. The molecule has 2 aromatic rings. The van der Waals surface area contributed by atoms with Gasteiger partial charge in [-0.05, 0) is 42.8 Å². The number of halogens is 3. The molecule has 1 amide bonds. The highest BCUT2D eigenvalue weighted by molar-refractivity contribution is 6.09. The van der Waals surface area contributed by atoms with Crippen molar-refractivity contribution in [1.29, 1.82) is 0 Å². The molecule has 0 radical (unpaired) electrons. The van der Waals surface area contributed by atoms with E-state index in [0.29, 0.717) is 5.56 Å². The van der Waals surface area contributed by atoms with Gasteiger partial charge in [-0.1, -0.05) is 24.3 Å². The lowest BCUT2D eigenvalue weighted by Crippen LogP contribution is -2.15.